The van der Waals surface area contributed by atoms with E-state index in [0.717, 1.165) is 25.7 Å². The lowest BCUT2D eigenvalue weighted by atomic mass is 9.97. The fourth-order valence-electron chi connectivity index (χ4n) is 3.98. The zero-order chi connectivity index (χ0) is 20.1. The van der Waals surface area contributed by atoms with Gasteiger partial charge in [0.25, 0.3) is 5.91 Å². The highest BCUT2D eigenvalue weighted by atomic mass is 19.4. The van der Waals surface area contributed by atoms with E-state index in [-0.39, 0.29) is 31.5 Å². The highest BCUT2D eigenvalue weighted by Crippen LogP contribution is 2.33. The smallest absolute Gasteiger partial charge is 0.349 e. The number of likely N-dealkylation sites (tertiary alicyclic amines) is 1. The third-order valence-electron chi connectivity index (χ3n) is 5.47. The highest BCUT2D eigenvalue weighted by Gasteiger charge is 2.41. The Morgan fingerprint density at radius 1 is 1.07 bits per heavy atom. The molecule has 28 heavy (non-hydrogen) atoms. The second kappa shape index (κ2) is 8.94. The van der Waals surface area contributed by atoms with Gasteiger partial charge in [0.05, 0.1) is 23.7 Å². The zero-order valence-corrected chi connectivity index (χ0v) is 15.7. The number of piperidine rings is 1. The number of amides is 2. The van der Waals surface area contributed by atoms with Crippen LogP contribution in [0.5, 0.6) is 0 Å². The number of hydrogen-bond acceptors (Lipinski definition) is 3. The molecule has 1 aliphatic carbocycles. The quantitative estimate of drug-likeness (QED) is 0.799. The van der Waals surface area contributed by atoms with Crippen LogP contribution in [0.4, 0.5) is 18.9 Å². The molecule has 1 saturated heterocycles. The van der Waals surface area contributed by atoms with Gasteiger partial charge in [0.2, 0.25) is 5.91 Å². The van der Waals surface area contributed by atoms with Gasteiger partial charge in [0.15, 0.2) is 0 Å². The summed E-state index contributed by atoms with van der Waals surface area (Å²) in [4.78, 5) is 26.5. The molecule has 0 bridgehead atoms. The molecule has 2 fully saturated rings. The summed E-state index contributed by atoms with van der Waals surface area (Å²) in [6.07, 6.45) is 0.380. The molecule has 0 radical (unpaired) electrons. The number of anilines is 1. The molecule has 0 spiro atoms. The third kappa shape index (κ3) is 5.47. The molecule has 1 saturated carbocycles. The van der Waals surface area contributed by atoms with Crippen LogP contribution in [0, 0.1) is 5.92 Å². The van der Waals surface area contributed by atoms with E-state index in [2.05, 4.69) is 10.6 Å². The number of carbonyl (C=O) groups is 2. The SMILES string of the molecule is O=C(CN1CCCC(C(F)(F)F)C1)Nc1ccccc1C(=O)NC1CCCC1. The summed E-state index contributed by atoms with van der Waals surface area (Å²) in [6.45, 7) is 0.176. The minimum atomic E-state index is -4.24. The highest BCUT2D eigenvalue weighted by molar-refractivity contribution is 6.04. The molecule has 5 nitrogen and oxygen atoms in total. The van der Waals surface area contributed by atoms with Crippen molar-refractivity contribution in [2.45, 2.75) is 50.7 Å². The maximum atomic E-state index is 12.9. The van der Waals surface area contributed by atoms with E-state index in [1.165, 1.54) is 4.90 Å². The maximum Gasteiger partial charge on any atom is 0.393 e. The minimum absolute atomic E-state index is 0.103. The number of halogens is 3. The van der Waals surface area contributed by atoms with Crippen LogP contribution < -0.4 is 10.6 Å². The van der Waals surface area contributed by atoms with Crippen molar-refractivity contribution in [3.8, 4) is 0 Å². The first-order valence-electron chi connectivity index (χ1n) is 9.82. The molecule has 0 aromatic heterocycles. The van der Waals surface area contributed by atoms with E-state index in [1.807, 2.05) is 0 Å². The average molecular weight is 397 g/mol. The number of nitrogens with zero attached hydrogens (tertiary/aromatic N) is 1. The van der Waals surface area contributed by atoms with Gasteiger partial charge in [0, 0.05) is 12.6 Å². The van der Waals surface area contributed by atoms with Crippen LogP contribution in [0.3, 0.4) is 0 Å². The number of alkyl halides is 3. The second-order valence-corrected chi connectivity index (χ2v) is 7.66. The van der Waals surface area contributed by atoms with E-state index in [1.54, 1.807) is 24.3 Å². The van der Waals surface area contributed by atoms with E-state index in [4.69, 9.17) is 0 Å². The van der Waals surface area contributed by atoms with Gasteiger partial charge >= 0.3 is 6.18 Å². The molecule has 3 rings (SSSR count). The first-order chi connectivity index (χ1) is 13.3. The van der Waals surface area contributed by atoms with Crippen LogP contribution in [0.15, 0.2) is 24.3 Å². The summed E-state index contributed by atoms with van der Waals surface area (Å²) in [5.41, 5.74) is 0.752. The molecule has 1 atom stereocenters. The van der Waals surface area contributed by atoms with Crippen molar-refractivity contribution >= 4 is 17.5 Å². The Morgan fingerprint density at radius 3 is 2.50 bits per heavy atom. The van der Waals surface area contributed by atoms with Crippen LogP contribution in [0.25, 0.3) is 0 Å². The van der Waals surface area contributed by atoms with Gasteiger partial charge in [-0.05, 0) is 44.4 Å². The van der Waals surface area contributed by atoms with Crippen molar-refractivity contribution in [3.63, 3.8) is 0 Å². The zero-order valence-electron chi connectivity index (χ0n) is 15.7. The number of rotatable bonds is 5. The van der Waals surface area contributed by atoms with Crippen LogP contribution >= 0.6 is 0 Å². The first-order valence-corrected chi connectivity index (χ1v) is 9.82. The first kappa shape index (κ1) is 20.6. The Morgan fingerprint density at radius 2 is 1.79 bits per heavy atom. The van der Waals surface area contributed by atoms with E-state index in [0.29, 0.717) is 24.2 Å². The fraction of sp³-hybridized carbons (Fsp3) is 0.600. The number of hydrogen-bond donors (Lipinski definition) is 2. The number of nitrogens with one attached hydrogen (secondary N) is 2. The average Bonchev–Trinajstić information content (AvgIpc) is 3.14. The van der Waals surface area contributed by atoms with E-state index in [9.17, 15) is 22.8 Å². The Labute approximate surface area is 162 Å². The molecule has 2 amide bonds. The largest absolute Gasteiger partial charge is 0.393 e. The summed E-state index contributed by atoms with van der Waals surface area (Å²) < 4.78 is 38.8. The molecule has 1 aromatic rings. The molecule has 8 heteroatoms. The van der Waals surface area contributed by atoms with Crippen molar-refractivity contribution in [1.29, 1.82) is 0 Å². The summed E-state index contributed by atoms with van der Waals surface area (Å²) in [7, 11) is 0. The Hall–Kier alpha value is -2.09. The van der Waals surface area contributed by atoms with Crippen molar-refractivity contribution in [1.82, 2.24) is 10.2 Å². The number of carbonyl (C=O) groups excluding carboxylic acids is 2. The lowest BCUT2D eigenvalue weighted by Gasteiger charge is -2.33. The predicted octanol–water partition coefficient (Wildman–Crippen LogP) is 3.57. The topological polar surface area (TPSA) is 61.4 Å². The predicted molar refractivity (Wildman–Crippen MR) is 100 cm³/mol. The third-order valence-corrected chi connectivity index (χ3v) is 5.47. The van der Waals surface area contributed by atoms with Crippen LogP contribution in [-0.2, 0) is 4.79 Å². The van der Waals surface area contributed by atoms with Gasteiger partial charge in [-0.15, -0.1) is 0 Å². The molecule has 154 valence electrons. The van der Waals surface area contributed by atoms with Gasteiger partial charge in [-0.2, -0.15) is 13.2 Å². The molecular weight excluding hydrogens is 371 g/mol. The summed E-state index contributed by atoms with van der Waals surface area (Å²) >= 11 is 0. The monoisotopic (exact) mass is 397 g/mol. The van der Waals surface area contributed by atoms with Crippen LogP contribution in [0.2, 0.25) is 0 Å². The lowest BCUT2D eigenvalue weighted by molar-refractivity contribution is -0.186. The maximum absolute atomic E-state index is 12.9. The summed E-state index contributed by atoms with van der Waals surface area (Å²) in [5.74, 6) is -2.04. The fourth-order valence-corrected chi connectivity index (χ4v) is 3.98. The van der Waals surface area contributed by atoms with Gasteiger partial charge in [0.1, 0.15) is 0 Å². The standard InChI is InChI=1S/C20H26F3N3O2/c21-20(22,23)14-6-5-11-26(12-14)13-18(27)25-17-10-4-3-9-16(17)19(28)24-15-7-1-2-8-15/h3-4,9-10,14-15H,1-2,5-8,11-13H2,(H,24,28)(H,25,27). The Bertz CT molecular complexity index is 702. The van der Waals surface area contributed by atoms with Crippen LogP contribution in [-0.4, -0.2) is 48.6 Å². The molecular formula is C20H26F3N3O2. The lowest BCUT2D eigenvalue weighted by Crippen LogP contribution is -2.44. The molecule has 2 N–H and O–H groups in total. The molecule has 2 aliphatic rings. The Balaban J connectivity index is 1.59. The summed E-state index contributed by atoms with van der Waals surface area (Å²) in [6, 6.07) is 6.86. The molecule has 1 aliphatic heterocycles. The van der Waals surface area contributed by atoms with Gasteiger partial charge in [-0.1, -0.05) is 25.0 Å². The van der Waals surface area contributed by atoms with E-state index < -0.39 is 18.0 Å². The molecule has 1 heterocycles. The second-order valence-electron chi connectivity index (χ2n) is 7.66. The number of para-hydroxylation sites is 1. The Kier molecular flexibility index (Phi) is 6.59. The van der Waals surface area contributed by atoms with Gasteiger partial charge in [-0.3, -0.25) is 14.5 Å². The van der Waals surface area contributed by atoms with Crippen molar-refractivity contribution in [2.75, 3.05) is 25.0 Å². The van der Waals surface area contributed by atoms with Crippen molar-refractivity contribution in [3.05, 3.63) is 29.8 Å². The minimum Gasteiger partial charge on any atom is -0.349 e. The van der Waals surface area contributed by atoms with Crippen LogP contribution in [0.1, 0.15) is 48.9 Å². The molecule has 1 unspecified atom stereocenters. The van der Waals surface area contributed by atoms with Gasteiger partial charge in [-0.25, -0.2) is 0 Å². The summed E-state index contributed by atoms with van der Waals surface area (Å²) in [5, 5.41) is 5.68. The van der Waals surface area contributed by atoms with Crippen molar-refractivity contribution in [2.24, 2.45) is 5.92 Å². The van der Waals surface area contributed by atoms with Gasteiger partial charge < -0.3 is 10.6 Å². The number of benzene rings is 1. The molecule has 1 aromatic carbocycles. The van der Waals surface area contributed by atoms with E-state index >= 15 is 0 Å². The normalized spacial score (nSPS) is 21.5. The van der Waals surface area contributed by atoms with Crippen molar-refractivity contribution < 1.29 is 22.8 Å².